The fourth-order valence-electron chi connectivity index (χ4n) is 4.28. The summed E-state index contributed by atoms with van der Waals surface area (Å²) in [5.74, 6) is -0.535. The molecule has 4 aromatic rings. The molecule has 0 saturated heterocycles. The molecule has 5 rings (SSSR count). The number of benzene rings is 1. The molecule has 10 heteroatoms. The Morgan fingerprint density at radius 1 is 1.18 bits per heavy atom. The number of aromatic nitrogens is 4. The van der Waals surface area contributed by atoms with Gasteiger partial charge in [-0.25, -0.2) is 4.52 Å². The van der Waals surface area contributed by atoms with Gasteiger partial charge in [-0.2, -0.15) is 4.98 Å². The third kappa shape index (κ3) is 4.56. The van der Waals surface area contributed by atoms with Crippen LogP contribution >= 0.6 is 0 Å². The molecule has 1 aromatic carbocycles. The molecule has 3 heterocycles. The normalized spacial score (nSPS) is 21.4. The van der Waals surface area contributed by atoms with Crippen LogP contribution in [-0.2, 0) is 0 Å². The number of halogens is 3. The second kappa shape index (κ2) is 7.87. The number of anilines is 1. The van der Waals surface area contributed by atoms with Crippen LogP contribution in [0.25, 0.3) is 27.5 Å². The van der Waals surface area contributed by atoms with Crippen molar-refractivity contribution in [1.82, 2.24) is 19.6 Å². The number of pyridine rings is 1. The molecule has 1 aliphatic rings. The fourth-order valence-corrected chi connectivity index (χ4v) is 4.28. The van der Waals surface area contributed by atoms with Gasteiger partial charge < -0.3 is 15.2 Å². The van der Waals surface area contributed by atoms with Crippen LogP contribution in [0.15, 0.2) is 48.8 Å². The molecule has 1 fully saturated rings. The fraction of sp³-hybridized carbons (Fsp3) is 0.348. The lowest BCUT2D eigenvalue weighted by Gasteiger charge is -2.33. The summed E-state index contributed by atoms with van der Waals surface area (Å²) >= 11 is 0. The summed E-state index contributed by atoms with van der Waals surface area (Å²) < 4.78 is 45.4. The van der Waals surface area contributed by atoms with E-state index in [4.69, 9.17) is 0 Å². The van der Waals surface area contributed by atoms with Crippen molar-refractivity contribution in [2.75, 3.05) is 5.32 Å². The molecule has 0 unspecified atom stereocenters. The first-order valence-corrected chi connectivity index (χ1v) is 10.7. The summed E-state index contributed by atoms with van der Waals surface area (Å²) in [5, 5.41) is 18.5. The van der Waals surface area contributed by atoms with Crippen LogP contribution in [0.5, 0.6) is 5.88 Å². The van der Waals surface area contributed by atoms with Crippen molar-refractivity contribution in [3.63, 3.8) is 0 Å². The summed E-state index contributed by atoms with van der Waals surface area (Å²) in [6, 6.07) is 10.8. The molecule has 33 heavy (non-hydrogen) atoms. The third-order valence-electron chi connectivity index (χ3n) is 6.00. The van der Waals surface area contributed by atoms with Crippen molar-refractivity contribution < 1.29 is 23.0 Å². The maximum absolute atomic E-state index is 13.2. The van der Waals surface area contributed by atoms with Gasteiger partial charge in [-0.05, 0) is 62.4 Å². The molecule has 2 N–H and O–H groups in total. The van der Waals surface area contributed by atoms with Crippen molar-refractivity contribution in [3.05, 3.63) is 48.8 Å². The van der Waals surface area contributed by atoms with Crippen LogP contribution in [0.3, 0.4) is 0 Å². The molecule has 0 bridgehead atoms. The van der Waals surface area contributed by atoms with Gasteiger partial charge in [-0.1, -0.05) is 12.1 Å². The van der Waals surface area contributed by atoms with Gasteiger partial charge in [0.05, 0.1) is 11.1 Å². The molecule has 1 saturated carbocycles. The summed E-state index contributed by atoms with van der Waals surface area (Å²) in [6.07, 6.45) is 0.843. The topological polar surface area (TPSA) is 84.6 Å². The highest BCUT2D eigenvalue weighted by Crippen LogP contribution is 2.36. The van der Waals surface area contributed by atoms with E-state index in [0.29, 0.717) is 36.8 Å². The Hall–Kier alpha value is -3.40. The lowest BCUT2D eigenvalue weighted by Crippen LogP contribution is -2.36. The molecule has 0 radical (unpaired) electrons. The van der Waals surface area contributed by atoms with E-state index in [9.17, 15) is 18.3 Å². The van der Waals surface area contributed by atoms with Crippen LogP contribution in [0.4, 0.5) is 19.1 Å². The predicted octanol–water partition coefficient (Wildman–Crippen LogP) is 4.95. The molecule has 0 amide bonds. The number of rotatable bonds is 4. The maximum atomic E-state index is 13.2. The number of hydrogen-bond acceptors (Lipinski definition) is 6. The Morgan fingerprint density at radius 3 is 2.73 bits per heavy atom. The largest absolute Gasteiger partial charge is 0.574 e. The van der Waals surface area contributed by atoms with E-state index in [-0.39, 0.29) is 17.5 Å². The molecular weight excluding hydrogens is 435 g/mol. The summed E-state index contributed by atoms with van der Waals surface area (Å²) in [4.78, 5) is 8.36. The van der Waals surface area contributed by atoms with Crippen molar-refractivity contribution in [2.45, 2.75) is 50.6 Å². The third-order valence-corrected chi connectivity index (χ3v) is 6.00. The van der Waals surface area contributed by atoms with Gasteiger partial charge in [0, 0.05) is 29.4 Å². The SMILES string of the molecule is CC1(O)CCC(Nc2nc(OC(F)(F)F)c3c(-c4ccc5ncccc5c4)ccn3n2)CC1. The van der Waals surface area contributed by atoms with E-state index in [0.717, 1.165) is 10.9 Å². The monoisotopic (exact) mass is 457 g/mol. The average Bonchev–Trinajstić information content (AvgIpc) is 3.18. The van der Waals surface area contributed by atoms with Crippen LogP contribution in [0.2, 0.25) is 0 Å². The number of hydrogen-bond donors (Lipinski definition) is 2. The standard InChI is InChI=1S/C23H22F3N5O2/c1-22(32)9-6-16(7-10-22)28-21-29-20(33-23(24,25)26)19-17(8-12-31(19)30-21)14-4-5-18-15(13-14)3-2-11-27-18/h2-5,8,11-13,16,32H,6-7,9-10H2,1H3,(H,28,30). The van der Waals surface area contributed by atoms with Crippen molar-refractivity contribution in [1.29, 1.82) is 0 Å². The zero-order valence-corrected chi connectivity index (χ0v) is 17.8. The average molecular weight is 457 g/mol. The van der Waals surface area contributed by atoms with Crippen LogP contribution < -0.4 is 10.1 Å². The second-order valence-electron chi connectivity index (χ2n) is 8.64. The van der Waals surface area contributed by atoms with Gasteiger partial charge >= 0.3 is 6.36 Å². The number of alkyl halides is 3. The molecule has 1 aliphatic carbocycles. The minimum absolute atomic E-state index is 0.0400. The summed E-state index contributed by atoms with van der Waals surface area (Å²) in [7, 11) is 0. The number of nitrogens with one attached hydrogen (secondary N) is 1. The lowest BCUT2D eigenvalue weighted by atomic mass is 9.84. The molecular formula is C23H22F3N5O2. The number of fused-ring (bicyclic) bond motifs is 2. The Kier molecular flexibility index (Phi) is 5.12. The number of nitrogens with zero attached hydrogens (tertiary/aromatic N) is 4. The highest BCUT2D eigenvalue weighted by molar-refractivity contribution is 5.90. The first kappa shape index (κ1) is 21.4. The van der Waals surface area contributed by atoms with Crippen LogP contribution in [0, 0.1) is 0 Å². The van der Waals surface area contributed by atoms with Gasteiger partial charge in [0.25, 0.3) is 5.88 Å². The smallest absolute Gasteiger partial charge is 0.390 e. The summed E-state index contributed by atoms with van der Waals surface area (Å²) in [6.45, 7) is 1.78. The van der Waals surface area contributed by atoms with E-state index in [2.05, 4.69) is 25.1 Å². The highest BCUT2D eigenvalue weighted by Gasteiger charge is 2.34. The lowest BCUT2D eigenvalue weighted by molar-refractivity contribution is -0.275. The molecule has 172 valence electrons. The maximum Gasteiger partial charge on any atom is 0.574 e. The number of aliphatic hydroxyl groups is 1. The van der Waals surface area contributed by atoms with Crippen molar-refractivity contribution in [2.24, 2.45) is 0 Å². The molecule has 0 spiro atoms. The Morgan fingerprint density at radius 2 is 1.97 bits per heavy atom. The summed E-state index contributed by atoms with van der Waals surface area (Å²) in [5.41, 5.74) is 1.39. The quantitative estimate of drug-likeness (QED) is 0.451. The van der Waals surface area contributed by atoms with Crippen molar-refractivity contribution in [3.8, 4) is 17.0 Å². The zero-order valence-electron chi connectivity index (χ0n) is 17.8. The van der Waals surface area contributed by atoms with Gasteiger partial charge in [0.1, 0.15) is 5.52 Å². The van der Waals surface area contributed by atoms with E-state index >= 15 is 0 Å². The molecule has 3 aromatic heterocycles. The van der Waals surface area contributed by atoms with Crippen LogP contribution in [-0.4, -0.2) is 42.7 Å². The zero-order chi connectivity index (χ0) is 23.2. The first-order chi connectivity index (χ1) is 15.7. The minimum atomic E-state index is -4.91. The van der Waals surface area contributed by atoms with Gasteiger partial charge in [-0.3, -0.25) is 4.98 Å². The molecule has 0 aliphatic heterocycles. The Bertz CT molecular complexity index is 1310. The van der Waals surface area contributed by atoms with Crippen LogP contribution in [0.1, 0.15) is 32.6 Å². The van der Waals surface area contributed by atoms with Gasteiger partial charge in [-0.15, -0.1) is 18.3 Å². The van der Waals surface area contributed by atoms with E-state index in [1.165, 1.54) is 4.52 Å². The van der Waals surface area contributed by atoms with E-state index < -0.39 is 17.8 Å². The number of ether oxygens (including phenoxy) is 1. The predicted molar refractivity (Wildman–Crippen MR) is 117 cm³/mol. The van der Waals surface area contributed by atoms with E-state index in [1.54, 1.807) is 37.5 Å². The molecule has 0 atom stereocenters. The Labute approximate surface area is 187 Å². The second-order valence-corrected chi connectivity index (χ2v) is 8.64. The van der Waals surface area contributed by atoms with Crippen molar-refractivity contribution >= 4 is 22.4 Å². The Balaban J connectivity index is 1.55. The van der Waals surface area contributed by atoms with Gasteiger partial charge in [0.2, 0.25) is 5.95 Å². The first-order valence-electron chi connectivity index (χ1n) is 10.7. The van der Waals surface area contributed by atoms with E-state index in [1.807, 2.05) is 18.2 Å². The highest BCUT2D eigenvalue weighted by atomic mass is 19.4. The minimum Gasteiger partial charge on any atom is -0.390 e. The molecule has 7 nitrogen and oxygen atoms in total. The van der Waals surface area contributed by atoms with Gasteiger partial charge in [0.15, 0.2) is 0 Å².